The Morgan fingerprint density at radius 1 is 0.600 bits per heavy atom. The highest BCUT2D eigenvalue weighted by Gasteiger charge is 2.34. The van der Waals surface area contributed by atoms with E-state index < -0.39 is 5.41 Å². The van der Waals surface area contributed by atoms with Crippen molar-refractivity contribution < 1.29 is 4.74 Å². The fraction of sp³-hybridized carbons (Fsp3) is 0.424. The number of nitriles is 1. The number of ether oxygens (including phenoxy) is 1. The molecule has 0 unspecified atom stereocenters. The van der Waals surface area contributed by atoms with E-state index in [2.05, 4.69) is 84.9 Å². The molecule has 3 aromatic rings. The van der Waals surface area contributed by atoms with E-state index in [4.69, 9.17) is 4.74 Å². The van der Waals surface area contributed by atoms with Crippen LogP contribution in [0.15, 0.2) is 36.4 Å². The zero-order valence-electron chi connectivity index (χ0n) is 24.3. The minimum absolute atomic E-state index is 0.408. The van der Waals surface area contributed by atoms with E-state index in [9.17, 15) is 5.26 Å². The van der Waals surface area contributed by atoms with Crippen molar-refractivity contribution in [1.82, 2.24) is 0 Å². The summed E-state index contributed by atoms with van der Waals surface area (Å²) in [6, 6.07) is 15.7. The van der Waals surface area contributed by atoms with Gasteiger partial charge in [0.15, 0.2) is 0 Å². The lowest BCUT2D eigenvalue weighted by molar-refractivity contribution is 0.410. The fourth-order valence-electron chi connectivity index (χ4n) is 4.57. The summed E-state index contributed by atoms with van der Waals surface area (Å²) in [5, 5.41) is 9.82. The topological polar surface area (TPSA) is 33.0 Å². The predicted molar refractivity (Wildman–Crippen MR) is 152 cm³/mol. The molecule has 0 amide bonds. The third-order valence-corrected chi connectivity index (χ3v) is 7.19. The van der Waals surface area contributed by atoms with Gasteiger partial charge in [-0.25, -0.2) is 0 Å². The first-order chi connectivity index (χ1) is 16.5. The normalized spacial score (nSPS) is 10.4. The van der Waals surface area contributed by atoms with Gasteiger partial charge in [-0.1, -0.05) is 58.0 Å². The van der Waals surface area contributed by atoms with Crippen LogP contribution in [0.5, 0.6) is 5.75 Å². The maximum Gasteiger partial charge on any atom is 0.139 e. The Bertz CT molecular complexity index is 1110. The van der Waals surface area contributed by atoms with Crippen LogP contribution >= 0.6 is 0 Å². The molecule has 0 saturated carbocycles. The highest BCUT2D eigenvalue weighted by Crippen LogP contribution is 2.43. The monoisotopic (exact) mass is 471 g/mol. The van der Waals surface area contributed by atoms with Crippen molar-refractivity contribution in [3.8, 4) is 11.8 Å². The minimum Gasteiger partial charge on any atom is -0.495 e. The summed E-state index contributed by atoms with van der Waals surface area (Å²) in [4.78, 5) is 0. The van der Waals surface area contributed by atoms with Gasteiger partial charge in [-0.15, -0.1) is 0 Å². The number of hydrogen-bond acceptors (Lipinski definition) is 2. The van der Waals surface area contributed by atoms with Gasteiger partial charge in [-0.3, -0.25) is 0 Å². The summed E-state index contributed by atoms with van der Waals surface area (Å²) in [5.41, 5.74) is 12.5. The van der Waals surface area contributed by atoms with E-state index in [0.717, 1.165) is 11.1 Å². The van der Waals surface area contributed by atoms with Crippen LogP contribution in [-0.2, 0) is 5.41 Å². The average Bonchev–Trinajstić information content (AvgIpc) is 2.86. The van der Waals surface area contributed by atoms with E-state index >= 15 is 0 Å². The molecule has 0 N–H and O–H groups in total. The smallest absolute Gasteiger partial charge is 0.139 e. The molecule has 0 aliphatic rings. The summed E-state index contributed by atoms with van der Waals surface area (Å²) in [6.07, 6.45) is 0. The van der Waals surface area contributed by atoms with Crippen molar-refractivity contribution in [2.24, 2.45) is 0 Å². The molecule has 0 radical (unpaired) electrons. The molecule has 3 rings (SSSR count). The Morgan fingerprint density at radius 3 is 1.23 bits per heavy atom. The van der Waals surface area contributed by atoms with Crippen LogP contribution in [0, 0.1) is 59.8 Å². The standard InChI is InChI=1S/C29H33NO.2C2H6/c1-17-10-25(11-18(2)22(17)6)29(8,26-12-19(3)23(7)20(4)13-26)27-14-21(5)28(31-9)24(15-27)16-30;2*1-2/h10-15H,1-9H3;2*1-2H3. The Kier molecular flexibility index (Phi) is 10.8. The second-order valence-corrected chi connectivity index (χ2v) is 9.08. The van der Waals surface area contributed by atoms with Crippen LogP contribution in [0.3, 0.4) is 0 Å². The van der Waals surface area contributed by atoms with E-state index in [1.165, 1.54) is 44.5 Å². The first kappa shape index (κ1) is 30.0. The van der Waals surface area contributed by atoms with Crippen molar-refractivity contribution in [3.05, 3.63) is 97.6 Å². The Morgan fingerprint density at radius 2 is 0.914 bits per heavy atom. The third-order valence-electron chi connectivity index (χ3n) is 7.19. The van der Waals surface area contributed by atoms with Crippen molar-refractivity contribution >= 4 is 0 Å². The number of hydrogen-bond donors (Lipinski definition) is 0. The largest absolute Gasteiger partial charge is 0.495 e. The Hall–Kier alpha value is -3.05. The van der Waals surface area contributed by atoms with Gasteiger partial charge >= 0.3 is 0 Å². The third kappa shape index (κ3) is 5.79. The molecule has 0 aromatic heterocycles. The Labute approximate surface area is 215 Å². The van der Waals surface area contributed by atoms with Crippen molar-refractivity contribution in [2.45, 2.75) is 88.5 Å². The first-order valence-electron chi connectivity index (χ1n) is 12.8. The molecule has 188 valence electrons. The highest BCUT2D eigenvalue weighted by molar-refractivity contribution is 5.59. The predicted octanol–water partition coefficient (Wildman–Crippen LogP) is 9.13. The molecule has 0 bridgehead atoms. The molecule has 2 nitrogen and oxygen atoms in total. The summed E-state index contributed by atoms with van der Waals surface area (Å²) in [6.45, 7) is 25.4. The summed E-state index contributed by atoms with van der Waals surface area (Å²) >= 11 is 0. The van der Waals surface area contributed by atoms with Crippen LogP contribution in [-0.4, -0.2) is 7.11 Å². The first-order valence-corrected chi connectivity index (χ1v) is 12.8. The molecule has 0 spiro atoms. The van der Waals surface area contributed by atoms with E-state index in [1.54, 1.807) is 7.11 Å². The van der Waals surface area contributed by atoms with Gasteiger partial charge in [-0.2, -0.15) is 5.26 Å². The minimum atomic E-state index is -0.408. The molecule has 3 aromatic carbocycles. The second kappa shape index (κ2) is 12.6. The molecule has 35 heavy (non-hydrogen) atoms. The quantitative estimate of drug-likeness (QED) is 0.355. The maximum atomic E-state index is 9.82. The van der Waals surface area contributed by atoms with Gasteiger partial charge in [0.05, 0.1) is 12.7 Å². The van der Waals surface area contributed by atoms with Crippen LogP contribution in [0.1, 0.15) is 95.8 Å². The van der Waals surface area contributed by atoms with E-state index in [0.29, 0.717) is 11.3 Å². The summed E-state index contributed by atoms with van der Waals surface area (Å²) in [5.74, 6) is 0.654. The molecule has 2 heteroatoms. The fourth-order valence-corrected chi connectivity index (χ4v) is 4.57. The average molecular weight is 472 g/mol. The van der Waals surface area contributed by atoms with Crippen LogP contribution in [0.4, 0.5) is 0 Å². The number of nitrogens with zero attached hydrogens (tertiary/aromatic N) is 1. The summed E-state index contributed by atoms with van der Waals surface area (Å²) in [7, 11) is 1.63. The van der Waals surface area contributed by atoms with Gasteiger partial charge in [0.2, 0.25) is 0 Å². The molecular formula is C33H45NO. The van der Waals surface area contributed by atoms with Crippen LogP contribution in [0.2, 0.25) is 0 Å². The Balaban J connectivity index is 0.00000145. The number of benzene rings is 3. The lowest BCUT2D eigenvalue weighted by Crippen LogP contribution is -2.27. The molecule has 0 aliphatic carbocycles. The highest BCUT2D eigenvalue weighted by atomic mass is 16.5. The second-order valence-electron chi connectivity index (χ2n) is 9.08. The molecule has 0 atom stereocenters. The lowest BCUT2D eigenvalue weighted by atomic mass is 9.68. The number of aryl methyl sites for hydroxylation is 5. The van der Waals surface area contributed by atoms with E-state index in [1.807, 2.05) is 40.7 Å². The van der Waals surface area contributed by atoms with Crippen LogP contribution in [0.25, 0.3) is 0 Å². The van der Waals surface area contributed by atoms with Gasteiger partial charge < -0.3 is 4.74 Å². The zero-order chi connectivity index (χ0) is 27.1. The lowest BCUT2D eigenvalue weighted by Gasteiger charge is -2.34. The molecule has 0 saturated heterocycles. The molecule has 0 heterocycles. The van der Waals surface area contributed by atoms with Crippen molar-refractivity contribution in [2.75, 3.05) is 7.11 Å². The van der Waals surface area contributed by atoms with Gasteiger partial charge in [0, 0.05) is 5.41 Å². The van der Waals surface area contributed by atoms with Crippen LogP contribution < -0.4 is 4.74 Å². The number of methoxy groups -OCH3 is 1. The zero-order valence-corrected chi connectivity index (χ0v) is 24.3. The molecule has 0 aliphatic heterocycles. The summed E-state index contributed by atoms with van der Waals surface area (Å²) < 4.78 is 5.53. The van der Waals surface area contributed by atoms with Gasteiger partial charge in [-0.05, 0) is 117 Å². The van der Waals surface area contributed by atoms with E-state index in [-0.39, 0.29) is 0 Å². The number of rotatable bonds is 4. The van der Waals surface area contributed by atoms with Crippen molar-refractivity contribution in [3.63, 3.8) is 0 Å². The van der Waals surface area contributed by atoms with Gasteiger partial charge in [0.1, 0.15) is 11.8 Å². The van der Waals surface area contributed by atoms with Crippen molar-refractivity contribution in [1.29, 1.82) is 5.26 Å². The molecule has 0 fully saturated rings. The van der Waals surface area contributed by atoms with Gasteiger partial charge in [0.25, 0.3) is 0 Å². The maximum absolute atomic E-state index is 9.82. The molecular weight excluding hydrogens is 426 g/mol. The SMILES string of the molecule is CC.CC.COc1c(C)cc(C(C)(c2cc(C)c(C)c(C)c2)c2cc(C)c(C)c(C)c2)cc1C#N.